The van der Waals surface area contributed by atoms with Crippen LogP contribution in [-0.4, -0.2) is 34.6 Å². The van der Waals surface area contributed by atoms with E-state index in [-0.39, 0.29) is 12.0 Å². The van der Waals surface area contributed by atoms with Crippen molar-refractivity contribution in [3.8, 4) is 0 Å². The summed E-state index contributed by atoms with van der Waals surface area (Å²) in [6.45, 7) is 7.80. The molecule has 3 nitrogen and oxygen atoms in total. The minimum Gasteiger partial charge on any atom is -0.481 e. The highest BCUT2D eigenvalue weighted by atomic mass is 16.4. The predicted octanol–water partition coefficient (Wildman–Crippen LogP) is 3.00. The van der Waals surface area contributed by atoms with Crippen molar-refractivity contribution >= 4 is 5.97 Å². The van der Waals surface area contributed by atoms with E-state index < -0.39 is 5.97 Å². The van der Waals surface area contributed by atoms with Crippen molar-refractivity contribution in [3.63, 3.8) is 0 Å². The van der Waals surface area contributed by atoms with Gasteiger partial charge in [0.1, 0.15) is 0 Å². The van der Waals surface area contributed by atoms with Crippen LogP contribution in [0.4, 0.5) is 0 Å². The van der Waals surface area contributed by atoms with E-state index in [2.05, 4.69) is 25.7 Å². The maximum Gasteiger partial charge on any atom is 0.308 e. The molecule has 104 valence electrons. The van der Waals surface area contributed by atoms with E-state index in [4.69, 9.17) is 0 Å². The van der Waals surface area contributed by atoms with Gasteiger partial charge in [0.05, 0.1) is 5.92 Å². The molecule has 0 aliphatic heterocycles. The summed E-state index contributed by atoms with van der Waals surface area (Å²) in [5, 5.41) is 9.45. The molecule has 3 unspecified atom stereocenters. The number of rotatable bonds is 5. The van der Waals surface area contributed by atoms with Gasteiger partial charge < -0.3 is 5.11 Å². The van der Waals surface area contributed by atoms with Crippen LogP contribution in [0.1, 0.15) is 52.9 Å². The number of carboxylic acid groups (broad SMARTS) is 1. The topological polar surface area (TPSA) is 40.5 Å². The summed E-state index contributed by atoms with van der Waals surface area (Å²) in [4.78, 5) is 14.0. The maximum atomic E-state index is 11.5. The molecule has 2 fully saturated rings. The molecule has 2 saturated carbocycles. The van der Waals surface area contributed by atoms with Gasteiger partial charge in [-0.3, -0.25) is 9.69 Å². The van der Waals surface area contributed by atoms with E-state index in [9.17, 15) is 9.90 Å². The molecule has 1 N–H and O–H groups in total. The fraction of sp³-hybridized carbons (Fsp3) is 0.933. The van der Waals surface area contributed by atoms with Crippen molar-refractivity contribution < 1.29 is 9.90 Å². The number of hydrogen-bond acceptors (Lipinski definition) is 2. The van der Waals surface area contributed by atoms with Crippen molar-refractivity contribution in [2.45, 2.75) is 65.0 Å². The van der Waals surface area contributed by atoms with Gasteiger partial charge in [0, 0.05) is 18.6 Å². The minimum atomic E-state index is -0.582. The molecule has 2 aliphatic rings. The average Bonchev–Trinajstić information content (AvgIpc) is 3.08. The van der Waals surface area contributed by atoms with Crippen LogP contribution >= 0.6 is 0 Å². The van der Waals surface area contributed by atoms with Gasteiger partial charge in [-0.2, -0.15) is 0 Å². The zero-order valence-corrected chi connectivity index (χ0v) is 11.9. The quantitative estimate of drug-likeness (QED) is 0.819. The molecule has 0 spiro atoms. The van der Waals surface area contributed by atoms with Crippen LogP contribution in [0.3, 0.4) is 0 Å². The third kappa shape index (κ3) is 3.25. The van der Waals surface area contributed by atoms with Gasteiger partial charge >= 0.3 is 5.97 Å². The summed E-state index contributed by atoms with van der Waals surface area (Å²) in [6, 6.07) is 0.950. The summed E-state index contributed by atoms with van der Waals surface area (Å²) in [5.74, 6) is 0.582. The first-order chi connectivity index (χ1) is 8.49. The van der Waals surface area contributed by atoms with Crippen LogP contribution in [0, 0.1) is 17.8 Å². The Morgan fingerprint density at radius 3 is 2.44 bits per heavy atom. The second kappa shape index (κ2) is 5.60. The fourth-order valence-corrected chi connectivity index (χ4v) is 3.39. The average molecular weight is 253 g/mol. The molecule has 3 heteroatoms. The van der Waals surface area contributed by atoms with Gasteiger partial charge in [-0.25, -0.2) is 0 Å². The molecule has 2 rings (SSSR count). The molecule has 0 amide bonds. The van der Waals surface area contributed by atoms with Crippen LogP contribution in [-0.2, 0) is 4.79 Å². The van der Waals surface area contributed by atoms with Crippen molar-refractivity contribution in [1.29, 1.82) is 0 Å². The molecular weight excluding hydrogens is 226 g/mol. The Balaban J connectivity index is 2.10. The summed E-state index contributed by atoms with van der Waals surface area (Å²) >= 11 is 0. The van der Waals surface area contributed by atoms with Crippen LogP contribution in [0.15, 0.2) is 0 Å². The van der Waals surface area contributed by atoms with Gasteiger partial charge in [-0.15, -0.1) is 0 Å². The summed E-state index contributed by atoms with van der Waals surface area (Å²) in [7, 11) is 0. The lowest BCUT2D eigenvalue weighted by Crippen LogP contribution is -2.49. The maximum absolute atomic E-state index is 11.5. The second-order valence-electron chi connectivity index (χ2n) is 6.75. The molecule has 0 aromatic heterocycles. The zero-order chi connectivity index (χ0) is 13.3. The van der Waals surface area contributed by atoms with Crippen molar-refractivity contribution in [3.05, 3.63) is 0 Å². The zero-order valence-electron chi connectivity index (χ0n) is 11.9. The summed E-state index contributed by atoms with van der Waals surface area (Å²) in [5.41, 5.74) is 0. The molecule has 18 heavy (non-hydrogen) atoms. The van der Waals surface area contributed by atoms with E-state index in [0.717, 1.165) is 25.8 Å². The standard InChI is InChI=1S/C15H27NO2/c1-10(2)9-16(12-5-6-12)14-8-11(3)4-7-13(14)15(17)18/h10-14H,4-9H2,1-3H3,(H,17,18). The van der Waals surface area contributed by atoms with E-state index in [0.29, 0.717) is 17.9 Å². The van der Waals surface area contributed by atoms with Crippen LogP contribution in [0.25, 0.3) is 0 Å². The third-order valence-electron chi connectivity index (χ3n) is 4.41. The monoisotopic (exact) mass is 253 g/mol. The first-order valence-corrected chi connectivity index (χ1v) is 7.47. The van der Waals surface area contributed by atoms with Crippen molar-refractivity contribution in [1.82, 2.24) is 4.90 Å². The Hall–Kier alpha value is -0.570. The van der Waals surface area contributed by atoms with Gasteiger partial charge in [-0.1, -0.05) is 20.8 Å². The van der Waals surface area contributed by atoms with Crippen LogP contribution in [0.2, 0.25) is 0 Å². The fourth-order valence-electron chi connectivity index (χ4n) is 3.39. The lowest BCUT2D eigenvalue weighted by atomic mass is 9.78. The highest BCUT2D eigenvalue weighted by Crippen LogP contribution is 2.38. The lowest BCUT2D eigenvalue weighted by molar-refractivity contribution is -0.146. The largest absolute Gasteiger partial charge is 0.481 e. The van der Waals surface area contributed by atoms with Crippen molar-refractivity contribution in [2.75, 3.05) is 6.54 Å². The molecule has 0 aromatic rings. The third-order valence-corrected chi connectivity index (χ3v) is 4.41. The Morgan fingerprint density at radius 2 is 1.94 bits per heavy atom. The summed E-state index contributed by atoms with van der Waals surface area (Å²) < 4.78 is 0. The number of aliphatic carboxylic acids is 1. The number of carboxylic acids is 1. The molecular formula is C15H27NO2. The highest BCUT2D eigenvalue weighted by molar-refractivity contribution is 5.71. The second-order valence-corrected chi connectivity index (χ2v) is 6.75. The van der Waals surface area contributed by atoms with E-state index in [1.807, 2.05) is 0 Å². The number of carbonyl (C=O) groups is 1. The molecule has 0 heterocycles. The van der Waals surface area contributed by atoms with Crippen molar-refractivity contribution in [2.24, 2.45) is 17.8 Å². The summed E-state index contributed by atoms with van der Waals surface area (Å²) in [6.07, 6.45) is 5.55. The van der Waals surface area contributed by atoms with Crippen LogP contribution in [0.5, 0.6) is 0 Å². The molecule has 0 bridgehead atoms. The normalized spacial score (nSPS) is 33.1. The predicted molar refractivity (Wildman–Crippen MR) is 72.5 cm³/mol. The molecule has 0 aromatic carbocycles. The Morgan fingerprint density at radius 1 is 1.28 bits per heavy atom. The van der Waals surface area contributed by atoms with E-state index >= 15 is 0 Å². The molecule has 0 saturated heterocycles. The first kappa shape index (κ1) is 13.9. The number of nitrogens with zero attached hydrogens (tertiary/aromatic N) is 1. The molecule has 3 atom stereocenters. The van der Waals surface area contributed by atoms with E-state index in [1.54, 1.807) is 0 Å². The SMILES string of the molecule is CC(C)CN(C1CC1)C1CC(C)CCC1C(=O)O. The Kier molecular flexibility index (Phi) is 4.31. The Bertz CT molecular complexity index is 299. The number of hydrogen-bond donors (Lipinski definition) is 1. The van der Waals surface area contributed by atoms with Gasteiger partial charge in [0.15, 0.2) is 0 Å². The molecule has 2 aliphatic carbocycles. The Labute approximate surface area is 111 Å². The first-order valence-electron chi connectivity index (χ1n) is 7.47. The van der Waals surface area contributed by atoms with Crippen LogP contribution < -0.4 is 0 Å². The molecule has 0 radical (unpaired) electrons. The minimum absolute atomic E-state index is 0.138. The highest BCUT2D eigenvalue weighted by Gasteiger charge is 2.42. The van der Waals surface area contributed by atoms with Gasteiger partial charge in [-0.05, 0) is 43.9 Å². The van der Waals surface area contributed by atoms with Gasteiger partial charge in [0.25, 0.3) is 0 Å². The smallest absolute Gasteiger partial charge is 0.308 e. The van der Waals surface area contributed by atoms with E-state index in [1.165, 1.54) is 12.8 Å². The van der Waals surface area contributed by atoms with Gasteiger partial charge in [0.2, 0.25) is 0 Å². The lowest BCUT2D eigenvalue weighted by Gasteiger charge is -2.41.